The lowest BCUT2D eigenvalue weighted by molar-refractivity contribution is -0.143. The summed E-state index contributed by atoms with van der Waals surface area (Å²) in [6, 6.07) is 23.4. The predicted octanol–water partition coefficient (Wildman–Crippen LogP) is 7.98. The van der Waals surface area contributed by atoms with Crippen molar-refractivity contribution in [3.63, 3.8) is 0 Å². The van der Waals surface area contributed by atoms with E-state index in [2.05, 4.69) is 10.3 Å². The number of hydrogen-bond acceptors (Lipinski definition) is 8. The van der Waals surface area contributed by atoms with Crippen molar-refractivity contribution in [1.29, 1.82) is 0 Å². The molecule has 0 saturated carbocycles. The topological polar surface area (TPSA) is 113 Å². The summed E-state index contributed by atoms with van der Waals surface area (Å²) in [5.74, 6) is -1.02. The Morgan fingerprint density at radius 2 is 1.44 bits per heavy atom. The molecule has 1 amide bonds. The molecule has 0 saturated heterocycles. The summed E-state index contributed by atoms with van der Waals surface area (Å²) in [4.78, 5) is 44.6. The lowest BCUT2D eigenvalue weighted by Gasteiger charge is -2.21. The van der Waals surface area contributed by atoms with Gasteiger partial charge < -0.3 is 24.3 Å². The highest BCUT2D eigenvalue weighted by Gasteiger charge is 2.31. The number of ether oxygens (including phenoxy) is 4. The van der Waals surface area contributed by atoms with E-state index in [9.17, 15) is 27.6 Å². The Kier molecular flexibility index (Phi) is 11.2. The standard InChI is InChI=1S/C40H37F3N2O7/c1-39(2,3)52-30-16-9-24(10-17-30)19-35(38(48)50-5)45-36(46)34-22-32(37(47)51-23-25-11-14-29(49-4)15-12-25)31-21-27(13-18-33(31)44-34)26-7-6-8-28(20-26)40(41,42)43/h6-18,20-22,35H,19,23H2,1-5H3,(H,45,46)/t35-/m0/s1. The number of nitrogens with zero attached hydrogens (tertiary/aromatic N) is 1. The summed E-state index contributed by atoms with van der Waals surface area (Å²) in [5.41, 5.74) is 0.731. The fraction of sp³-hybridized carbons (Fsp3) is 0.250. The third-order valence-corrected chi connectivity index (χ3v) is 7.89. The van der Waals surface area contributed by atoms with Crippen LogP contribution in [0.3, 0.4) is 0 Å². The van der Waals surface area contributed by atoms with Crippen molar-refractivity contribution in [3.8, 4) is 22.6 Å². The Morgan fingerprint density at radius 3 is 2.08 bits per heavy atom. The van der Waals surface area contributed by atoms with Crippen molar-refractivity contribution < 1.29 is 46.5 Å². The minimum Gasteiger partial charge on any atom is -0.497 e. The van der Waals surface area contributed by atoms with Crippen LogP contribution in [0.1, 0.15) is 58.3 Å². The molecule has 1 heterocycles. The molecule has 270 valence electrons. The number of alkyl halides is 3. The Morgan fingerprint density at radius 1 is 0.788 bits per heavy atom. The van der Waals surface area contributed by atoms with Gasteiger partial charge in [0.1, 0.15) is 35.4 Å². The van der Waals surface area contributed by atoms with Crippen LogP contribution >= 0.6 is 0 Å². The first-order chi connectivity index (χ1) is 24.6. The Bertz CT molecular complexity index is 2070. The number of pyridine rings is 1. The lowest BCUT2D eigenvalue weighted by Crippen LogP contribution is -2.43. The molecule has 0 radical (unpaired) electrons. The van der Waals surface area contributed by atoms with Crippen LogP contribution in [0.4, 0.5) is 13.2 Å². The normalized spacial score (nSPS) is 12.2. The first-order valence-corrected chi connectivity index (χ1v) is 16.2. The van der Waals surface area contributed by atoms with Gasteiger partial charge in [0.25, 0.3) is 5.91 Å². The van der Waals surface area contributed by atoms with Crippen LogP contribution in [-0.2, 0) is 33.5 Å². The molecule has 5 aromatic rings. The second kappa shape index (κ2) is 15.5. The maximum Gasteiger partial charge on any atom is 0.416 e. The van der Waals surface area contributed by atoms with Crippen molar-refractivity contribution in [2.75, 3.05) is 14.2 Å². The van der Waals surface area contributed by atoms with Crippen molar-refractivity contribution in [3.05, 3.63) is 125 Å². The number of benzene rings is 4. The van der Waals surface area contributed by atoms with E-state index < -0.39 is 41.2 Å². The average molecular weight is 715 g/mol. The zero-order chi connectivity index (χ0) is 37.6. The van der Waals surface area contributed by atoms with Crippen molar-refractivity contribution in [2.24, 2.45) is 0 Å². The van der Waals surface area contributed by atoms with Crippen molar-refractivity contribution in [2.45, 2.75) is 51.6 Å². The van der Waals surface area contributed by atoms with Gasteiger partial charge in [-0.1, -0.05) is 42.5 Å². The van der Waals surface area contributed by atoms with Crippen LogP contribution in [-0.4, -0.2) is 48.7 Å². The van der Waals surface area contributed by atoms with Crippen LogP contribution < -0.4 is 14.8 Å². The van der Waals surface area contributed by atoms with Crippen LogP contribution in [0.15, 0.2) is 97.1 Å². The SMILES string of the molecule is COC(=O)[C@H](Cc1ccc(OC(C)(C)C)cc1)NC(=O)c1cc(C(=O)OCc2ccc(OC)cc2)c2cc(-c3cccc(C(F)(F)F)c3)ccc2n1. The molecule has 0 bridgehead atoms. The number of esters is 2. The summed E-state index contributed by atoms with van der Waals surface area (Å²) in [7, 11) is 2.73. The molecule has 0 unspecified atom stereocenters. The molecule has 52 heavy (non-hydrogen) atoms. The molecule has 1 aromatic heterocycles. The highest BCUT2D eigenvalue weighted by molar-refractivity contribution is 6.07. The van der Waals surface area contributed by atoms with Crippen LogP contribution in [0.5, 0.6) is 11.5 Å². The van der Waals surface area contributed by atoms with Crippen LogP contribution in [0.2, 0.25) is 0 Å². The van der Waals surface area contributed by atoms with E-state index in [0.717, 1.165) is 12.1 Å². The molecule has 5 rings (SSSR count). The van der Waals surface area contributed by atoms with Gasteiger partial charge in [-0.05, 0) is 97.6 Å². The van der Waals surface area contributed by atoms with Crippen LogP contribution in [0, 0.1) is 0 Å². The summed E-state index contributed by atoms with van der Waals surface area (Å²) in [6.07, 6.45) is -4.47. The summed E-state index contributed by atoms with van der Waals surface area (Å²) >= 11 is 0. The zero-order valence-corrected chi connectivity index (χ0v) is 29.2. The number of fused-ring (bicyclic) bond motifs is 1. The molecule has 0 aliphatic rings. The second-order valence-corrected chi connectivity index (χ2v) is 12.9. The smallest absolute Gasteiger partial charge is 0.416 e. The molecule has 4 aromatic carbocycles. The third kappa shape index (κ3) is 9.45. The van der Waals surface area contributed by atoms with E-state index in [4.69, 9.17) is 18.9 Å². The Labute approximate surface area is 298 Å². The number of methoxy groups -OCH3 is 2. The van der Waals surface area contributed by atoms with Gasteiger partial charge in [-0.25, -0.2) is 14.6 Å². The van der Waals surface area contributed by atoms with E-state index in [1.54, 1.807) is 54.6 Å². The molecule has 1 atom stereocenters. The van der Waals surface area contributed by atoms with Gasteiger partial charge in [0.2, 0.25) is 0 Å². The van der Waals surface area contributed by atoms with Gasteiger partial charge >= 0.3 is 18.1 Å². The summed E-state index contributed by atoms with van der Waals surface area (Å²) in [6.45, 7) is 5.65. The first kappa shape index (κ1) is 37.3. The fourth-order valence-electron chi connectivity index (χ4n) is 5.36. The Balaban J connectivity index is 1.48. The molecular formula is C40H37F3N2O7. The molecule has 0 spiro atoms. The molecule has 0 aliphatic carbocycles. The number of amides is 1. The van der Waals surface area contributed by atoms with Gasteiger partial charge in [-0.15, -0.1) is 0 Å². The zero-order valence-electron chi connectivity index (χ0n) is 29.2. The maximum absolute atomic E-state index is 13.7. The minimum absolute atomic E-state index is 0.0541. The highest BCUT2D eigenvalue weighted by Crippen LogP contribution is 2.34. The van der Waals surface area contributed by atoms with Gasteiger partial charge in [0, 0.05) is 11.8 Å². The predicted molar refractivity (Wildman–Crippen MR) is 188 cm³/mol. The van der Waals surface area contributed by atoms with E-state index in [1.165, 1.54) is 44.6 Å². The molecule has 1 N–H and O–H groups in total. The molecule has 0 fully saturated rings. The summed E-state index contributed by atoms with van der Waals surface area (Å²) in [5, 5.41) is 2.91. The number of nitrogens with one attached hydrogen (secondary N) is 1. The lowest BCUT2D eigenvalue weighted by atomic mass is 9.98. The van der Waals surface area contributed by atoms with Gasteiger partial charge in [0.15, 0.2) is 0 Å². The van der Waals surface area contributed by atoms with E-state index in [-0.39, 0.29) is 40.8 Å². The van der Waals surface area contributed by atoms with Crippen LogP contribution in [0.25, 0.3) is 22.0 Å². The number of carbonyl (C=O) groups excluding carboxylic acids is 3. The van der Waals surface area contributed by atoms with Gasteiger partial charge in [-0.2, -0.15) is 13.2 Å². The van der Waals surface area contributed by atoms with E-state index >= 15 is 0 Å². The largest absolute Gasteiger partial charge is 0.497 e. The summed E-state index contributed by atoms with van der Waals surface area (Å²) < 4.78 is 62.1. The first-order valence-electron chi connectivity index (χ1n) is 16.2. The van der Waals surface area contributed by atoms with Gasteiger partial charge in [-0.3, -0.25) is 4.79 Å². The monoisotopic (exact) mass is 714 g/mol. The Hall–Kier alpha value is -5.91. The average Bonchev–Trinajstić information content (AvgIpc) is 3.12. The molecule has 9 nitrogen and oxygen atoms in total. The minimum atomic E-state index is -4.56. The van der Waals surface area contributed by atoms with Crippen molar-refractivity contribution >= 4 is 28.7 Å². The van der Waals surface area contributed by atoms with Crippen molar-refractivity contribution in [1.82, 2.24) is 10.3 Å². The number of aromatic nitrogens is 1. The third-order valence-electron chi connectivity index (χ3n) is 7.89. The number of hydrogen-bond donors (Lipinski definition) is 1. The number of halogens is 3. The van der Waals surface area contributed by atoms with E-state index in [1.807, 2.05) is 20.8 Å². The maximum atomic E-state index is 13.7. The second-order valence-electron chi connectivity index (χ2n) is 12.9. The molecular weight excluding hydrogens is 677 g/mol. The molecule has 0 aliphatic heterocycles. The quantitative estimate of drug-likeness (QED) is 0.137. The number of carbonyl (C=O) groups is 3. The molecule has 12 heteroatoms. The highest BCUT2D eigenvalue weighted by atomic mass is 19.4. The fourth-order valence-corrected chi connectivity index (χ4v) is 5.36. The van der Waals surface area contributed by atoms with E-state index in [0.29, 0.717) is 28.2 Å². The van der Waals surface area contributed by atoms with Gasteiger partial charge in [0.05, 0.1) is 30.9 Å². The number of rotatable bonds is 11.